The minimum atomic E-state index is -0.0246. The van der Waals surface area contributed by atoms with E-state index in [9.17, 15) is 4.79 Å². The van der Waals surface area contributed by atoms with Crippen LogP contribution in [0.4, 0.5) is 5.69 Å². The van der Waals surface area contributed by atoms with Crippen molar-refractivity contribution >= 4 is 32.9 Å². The normalized spacial score (nSPS) is 11.4. The maximum atomic E-state index is 12.2. The summed E-state index contributed by atoms with van der Waals surface area (Å²) < 4.78 is 3.73. The summed E-state index contributed by atoms with van der Waals surface area (Å²) >= 11 is 1.49. The number of thiazole rings is 1. The van der Waals surface area contributed by atoms with E-state index in [1.165, 1.54) is 22.2 Å². The Balaban J connectivity index is 1.67. The lowest BCUT2D eigenvalue weighted by atomic mass is 10.2. The van der Waals surface area contributed by atoms with E-state index in [-0.39, 0.29) is 5.56 Å². The van der Waals surface area contributed by atoms with Crippen molar-refractivity contribution in [1.29, 1.82) is 0 Å². The van der Waals surface area contributed by atoms with Crippen molar-refractivity contribution in [2.75, 3.05) is 5.32 Å². The van der Waals surface area contributed by atoms with Gasteiger partial charge >= 0.3 is 0 Å². The third-order valence-electron chi connectivity index (χ3n) is 4.02. The van der Waals surface area contributed by atoms with Gasteiger partial charge in [-0.05, 0) is 25.1 Å². The van der Waals surface area contributed by atoms with Crippen molar-refractivity contribution in [2.45, 2.75) is 13.5 Å². The fraction of sp³-hybridized carbons (Fsp3) is 0.176. The molecule has 5 nitrogen and oxygen atoms in total. The summed E-state index contributed by atoms with van der Waals surface area (Å²) in [4.78, 5) is 17.5. The van der Waals surface area contributed by atoms with Crippen LogP contribution in [0.15, 0.2) is 46.7 Å². The number of aromatic nitrogens is 3. The highest BCUT2D eigenvalue weighted by Crippen LogP contribution is 2.24. The second-order valence-electron chi connectivity index (χ2n) is 5.60. The standard InChI is InChI=1S/C17H16N4OS/c1-11-10-23-17-19-12(8-16(22)21(11)17)9-18-14-4-3-5-15-13(14)6-7-20(15)2/h3-8,10,18H,9H2,1-2H3. The van der Waals surface area contributed by atoms with Gasteiger partial charge in [-0.2, -0.15) is 0 Å². The van der Waals surface area contributed by atoms with Gasteiger partial charge in [0.2, 0.25) is 0 Å². The van der Waals surface area contributed by atoms with Gasteiger partial charge in [-0.15, -0.1) is 11.3 Å². The van der Waals surface area contributed by atoms with Crippen molar-refractivity contribution in [1.82, 2.24) is 14.0 Å². The molecule has 0 saturated carbocycles. The number of nitrogens with one attached hydrogen (secondary N) is 1. The highest BCUT2D eigenvalue weighted by molar-refractivity contribution is 7.15. The molecule has 4 aromatic rings. The number of anilines is 1. The first-order valence-electron chi connectivity index (χ1n) is 7.38. The minimum Gasteiger partial charge on any atom is -0.379 e. The second kappa shape index (κ2) is 5.24. The van der Waals surface area contributed by atoms with Gasteiger partial charge < -0.3 is 9.88 Å². The summed E-state index contributed by atoms with van der Waals surface area (Å²) in [6.45, 7) is 2.44. The molecule has 0 bridgehead atoms. The van der Waals surface area contributed by atoms with Crippen LogP contribution in [0.25, 0.3) is 15.9 Å². The largest absolute Gasteiger partial charge is 0.379 e. The predicted molar refractivity (Wildman–Crippen MR) is 94.3 cm³/mol. The molecule has 0 radical (unpaired) electrons. The van der Waals surface area contributed by atoms with Crippen LogP contribution >= 0.6 is 11.3 Å². The topological polar surface area (TPSA) is 51.3 Å². The van der Waals surface area contributed by atoms with Crippen LogP contribution in [0.1, 0.15) is 11.4 Å². The number of fused-ring (bicyclic) bond motifs is 2. The first-order valence-corrected chi connectivity index (χ1v) is 8.26. The quantitative estimate of drug-likeness (QED) is 0.630. The van der Waals surface area contributed by atoms with E-state index in [4.69, 9.17) is 0 Å². The minimum absolute atomic E-state index is 0.0246. The van der Waals surface area contributed by atoms with Crippen molar-refractivity contribution < 1.29 is 0 Å². The summed E-state index contributed by atoms with van der Waals surface area (Å²) in [6, 6.07) is 9.85. The van der Waals surface area contributed by atoms with Crippen LogP contribution in [0.3, 0.4) is 0 Å². The van der Waals surface area contributed by atoms with E-state index in [1.54, 1.807) is 10.5 Å². The predicted octanol–water partition coefficient (Wildman–Crippen LogP) is 3.17. The average molecular weight is 324 g/mol. The van der Waals surface area contributed by atoms with Crippen molar-refractivity contribution in [3.63, 3.8) is 0 Å². The number of benzene rings is 1. The number of aryl methyl sites for hydroxylation is 2. The van der Waals surface area contributed by atoms with Crippen molar-refractivity contribution in [3.8, 4) is 0 Å². The summed E-state index contributed by atoms with van der Waals surface area (Å²) in [7, 11) is 2.03. The lowest BCUT2D eigenvalue weighted by molar-refractivity contribution is 0.965. The summed E-state index contributed by atoms with van der Waals surface area (Å²) in [5, 5.41) is 6.51. The van der Waals surface area contributed by atoms with Gasteiger partial charge in [0.1, 0.15) is 0 Å². The van der Waals surface area contributed by atoms with Crippen LogP contribution in [0.2, 0.25) is 0 Å². The Bertz CT molecular complexity index is 1070. The fourth-order valence-corrected chi connectivity index (χ4v) is 3.72. The lowest BCUT2D eigenvalue weighted by Crippen LogP contribution is -2.16. The van der Waals surface area contributed by atoms with Crippen LogP contribution in [0.5, 0.6) is 0 Å². The van der Waals surface area contributed by atoms with Crippen LogP contribution in [-0.2, 0) is 13.6 Å². The Kier molecular flexibility index (Phi) is 3.20. The SMILES string of the molecule is Cc1csc2nc(CNc3cccc4c3ccn4C)cc(=O)n12. The van der Waals surface area contributed by atoms with E-state index < -0.39 is 0 Å². The van der Waals surface area contributed by atoms with E-state index in [1.807, 2.05) is 37.7 Å². The third kappa shape index (κ3) is 2.31. The summed E-state index contributed by atoms with van der Waals surface area (Å²) in [5.74, 6) is 0. The maximum absolute atomic E-state index is 12.2. The molecule has 116 valence electrons. The molecule has 0 spiro atoms. The Morgan fingerprint density at radius 3 is 3.04 bits per heavy atom. The molecule has 23 heavy (non-hydrogen) atoms. The lowest BCUT2D eigenvalue weighted by Gasteiger charge is -2.08. The summed E-state index contributed by atoms with van der Waals surface area (Å²) in [6.07, 6.45) is 2.04. The van der Waals surface area contributed by atoms with Gasteiger partial charge in [0.05, 0.1) is 12.2 Å². The zero-order valence-corrected chi connectivity index (χ0v) is 13.7. The fourth-order valence-electron chi connectivity index (χ4n) is 2.83. The Morgan fingerprint density at radius 1 is 1.30 bits per heavy atom. The molecule has 0 aliphatic heterocycles. The molecule has 0 unspecified atom stereocenters. The number of nitrogens with zero attached hydrogens (tertiary/aromatic N) is 3. The molecule has 1 N–H and O–H groups in total. The first-order chi connectivity index (χ1) is 11.1. The highest BCUT2D eigenvalue weighted by Gasteiger charge is 2.08. The first kappa shape index (κ1) is 14.0. The van der Waals surface area contributed by atoms with Gasteiger partial charge in [-0.1, -0.05) is 6.07 Å². The molecule has 0 saturated heterocycles. The van der Waals surface area contributed by atoms with E-state index in [0.29, 0.717) is 6.54 Å². The monoisotopic (exact) mass is 324 g/mol. The third-order valence-corrected chi connectivity index (χ3v) is 4.96. The van der Waals surface area contributed by atoms with E-state index in [2.05, 4.69) is 27.0 Å². The molecule has 0 fully saturated rings. The molecule has 3 heterocycles. The molecule has 0 aliphatic rings. The Labute approximate surface area is 136 Å². The van der Waals surface area contributed by atoms with Gasteiger partial charge in [-0.25, -0.2) is 4.98 Å². The summed E-state index contributed by atoms with van der Waals surface area (Å²) in [5.41, 5.74) is 3.88. The molecule has 0 atom stereocenters. The van der Waals surface area contributed by atoms with Crippen molar-refractivity contribution in [3.05, 3.63) is 63.7 Å². The molecule has 0 amide bonds. The zero-order valence-electron chi connectivity index (χ0n) is 12.9. The Morgan fingerprint density at radius 2 is 2.17 bits per heavy atom. The van der Waals surface area contributed by atoms with Gasteiger partial charge in [-0.3, -0.25) is 9.20 Å². The highest BCUT2D eigenvalue weighted by atomic mass is 32.1. The van der Waals surface area contributed by atoms with Gasteiger partial charge in [0.15, 0.2) is 4.96 Å². The molecule has 3 aromatic heterocycles. The zero-order chi connectivity index (χ0) is 16.0. The van der Waals surface area contributed by atoms with E-state index in [0.717, 1.165) is 22.0 Å². The second-order valence-corrected chi connectivity index (χ2v) is 6.44. The molecule has 0 aliphatic carbocycles. The average Bonchev–Trinajstić information content (AvgIpc) is 3.10. The van der Waals surface area contributed by atoms with Crippen LogP contribution < -0.4 is 10.9 Å². The number of hydrogen-bond acceptors (Lipinski definition) is 4. The van der Waals surface area contributed by atoms with Crippen LogP contribution in [-0.4, -0.2) is 14.0 Å². The van der Waals surface area contributed by atoms with Crippen LogP contribution in [0, 0.1) is 6.92 Å². The molecule has 4 rings (SSSR count). The number of rotatable bonds is 3. The molecular weight excluding hydrogens is 308 g/mol. The molecular formula is C17H16N4OS. The van der Waals surface area contributed by atoms with Crippen molar-refractivity contribution in [2.24, 2.45) is 7.05 Å². The van der Waals surface area contributed by atoms with Gasteiger partial charge in [0.25, 0.3) is 5.56 Å². The van der Waals surface area contributed by atoms with Gasteiger partial charge in [0, 0.05) is 47.0 Å². The number of hydrogen-bond donors (Lipinski definition) is 1. The maximum Gasteiger partial charge on any atom is 0.259 e. The molecule has 1 aromatic carbocycles. The van der Waals surface area contributed by atoms with E-state index >= 15 is 0 Å². The smallest absolute Gasteiger partial charge is 0.259 e. The Hall–Kier alpha value is -2.60. The molecule has 6 heteroatoms.